The first kappa shape index (κ1) is 44.0. The van der Waals surface area contributed by atoms with E-state index < -0.39 is 89.7 Å². The van der Waals surface area contributed by atoms with Gasteiger partial charge in [-0.05, 0) is 94.7 Å². The number of cyclic esters (lactones) is 1. The highest BCUT2D eigenvalue weighted by atomic mass is 16.7. The summed E-state index contributed by atoms with van der Waals surface area (Å²) in [4.78, 5) is 30.8. The number of ether oxygens (including phenoxy) is 8. The van der Waals surface area contributed by atoms with Crippen molar-refractivity contribution in [3.63, 3.8) is 0 Å². The predicted octanol–water partition coefficient (Wildman–Crippen LogP) is 4.53. The molecule has 0 saturated carbocycles. The molecule has 13 nitrogen and oxygen atoms in total. The first-order valence-corrected chi connectivity index (χ1v) is 19.5. The summed E-state index contributed by atoms with van der Waals surface area (Å²) in [5.74, 6) is -2.59. The minimum Gasteiger partial charge on any atom is -0.488 e. The van der Waals surface area contributed by atoms with Crippen LogP contribution in [0.4, 0.5) is 0 Å². The zero-order chi connectivity index (χ0) is 40.0. The van der Waals surface area contributed by atoms with Crippen LogP contribution in [-0.2, 0) is 47.5 Å². The Morgan fingerprint density at radius 2 is 1.62 bits per heavy atom. The van der Waals surface area contributed by atoms with Crippen LogP contribution in [0.5, 0.6) is 0 Å². The lowest BCUT2D eigenvalue weighted by Crippen LogP contribution is -2.61. The maximum atomic E-state index is 14.4. The van der Waals surface area contributed by atoms with Crippen molar-refractivity contribution in [1.29, 1.82) is 0 Å². The standard InChI is InChI=1S/C40H69NO12/c1-16-28-40(12,47-15)33(43)23(6)31-21(4)18-39(11,53-31)35(52-37-30(42)27(17-22(5)48-37)41(13)20(2)3)24(7)32(25(8)36(45)50-28)51-29-19-38(10,46-14)34(44)26(9)49-29/h20,22-30,32,34-35,37,42,44H,16-19H2,1-15H3/t22?,23?,24?,25?,26?,27?,28?,29?,30?,32?,34?,35?,37?,38-,39-,40-/m1/s1. The summed E-state index contributed by atoms with van der Waals surface area (Å²) in [5.41, 5.74) is -2.66. The SMILES string of the molecule is CCC1OC(=O)C(C)C(OC2C[C@@](C)(OC)C(O)C(C)O2)C(C)C(OC2OC(C)CC(N(C)C(C)C)C2O)[C@@]2(C)CC(C)=C(O2)C(C)C(=O)[C@]1(C)OC. The molecule has 4 rings (SSSR count). The Morgan fingerprint density at radius 1 is 0.981 bits per heavy atom. The second-order valence-corrected chi connectivity index (χ2v) is 17.1. The molecule has 4 aliphatic rings. The molecule has 0 aliphatic carbocycles. The van der Waals surface area contributed by atoms with E-state index in [9.17, 15) is 19.8 Å². The van der Waals surface area contributed by atoms with E-state index >= 15 is 0 Å². The number of aliphatic hydroxyl groups excluding tert-OH is 2. The monoisotopic (exact) mass is 755 g/mol. The zero-order valence-electron chi connectivity index (χ0n) is 34.8. The second-order valence-electron chi connectivity index (χ2n) is 17.1. The van der Waals surface area contributed by atoms with Gasteiger partial charge in [-0.1, -0.05) is 13.8 Å². The van der Waals surface area contributed by atoms with Crippen LogP contribution in [0.3, 0.4) is 0 Å². The van der Waals surface area contributed by atoms with E-state index in [1.54, 1.807) is 34.6 Å². The molecule has 3 fully saturated rings. The number of carbonyl (C=O) groups is 2. The first-order valence-electron chi connectivity index (χ1n) is 19.5. The number of carbonyl (C=O) groups excluding carboxylic acids is 2. The maximum Gasteiger partial charge on any atom is 0.311 e. The molecule has 0 aromatic rings. The average Bonchev–Trinajstić information content (AvgIpc) is 3.43. The fourth-order valence-electron chi connectivity index (χ4n) is 9.05. The van der Waals surface area contributed by atoms with Crippen LogP contribution < -0.4 is 0 Å². The lowest BCUT2D eigenvalue weighted by atomic mass is 9.79. The van der Waals surface area contributed by atoms with Gasteiger partial charge in [0.05, 0.1) is 35.7 Å². The summed E-state index contributed by atoms with van der Waals surface area (Å²) >= 11 is 0. The largest absolute Gasteiger partial charge is 0.488 e. The minimum atomic E-state index is -1.48. The lowest BCUT2D eigenvalue weighted by molar-refractivity contribution is -0.317. The topological polar surface area (TPSA) is 152 Å². The number of ketones is 1. The molecular formula is C40H69NO12. The van der Waals surface area contributed by atoms with Crippen LogP contribution in [-0.4, -0.2) is 132 Å². The molecular weight excluding hydrogens is 686 g/mol. The number of fused-ring (bicyclic) bond motifs is 2. The molecule has 53 heavy (non-hydrogen) atoms. The summed E-state index contributed by atoms with van der Waals surface area (Å²) in [7, 11) is 4.97. The highest BCUT2D eigenvalue weighted by Gasteiger charge is 2.56. The number of methoxy groups -OCH3 is 2. The van der Waals surface area contributed by atoms with Gasteiger partial charge in [-0.2, -0.15) is 0 Å². The first-order chi connectivity index (χ1) is 24.6. The number of hydrogen-bond acceptors (Lipinski definition) is 13. The lowest BCUT2D eigenvalue weighted by Gasteiger charge is -2.49. The molecule has 13 heteroatoms. The molecule has 2 N–H and O–H groups in total. The van der Waals surface area contributed by atoms with Crippen LogP contribution in [0.25, 0.3) is 0 Å². The van der Waals surface area contributed by atoms with Crippen LogP contribution in [0.1, 0.15) is 109 Å². The van der Waals surface area contributed by atoms with Crippen molar-refractivity contribution in [3.05, 3.63) is 11.3 Å². The van der Waals surface area contributed by atoms with Crippen molar-refractivity contribution in [3.8, 4) is 0 Å². The van der Waals surface area contributed by atoms with Crippen molar-refractivity contribution in [1.82, 2.24) is 4.90 Å². The van der Waals surface area contributed by atoms with Gasteiger partial charge in [0.2, 0.25) is 0 Å². The van der Waals surface area contributed by atoms with E-state index in [0.29, 0.717) is 25.0 Å². The van der Waals surface area contributed by atoms with E-state index in [1.807, 2.05) is 41.7 Å². The van der Waals surface area contributed by atoms with Crippen LogP contribution >= 0.6 is 0 Å². The third kappa shape index (κ3) is 8.54. The number of hydrogen-bond donors (Lipinski definition) is 2. The van der Waals surface area contributed by atoms with E-state index in [2.05, 4.69) is 18.7 Å². The second kappa shape index (κ2) is 16.8. The third-order valence-corrected chi connectivity index (χ3v) is 12.8. The number of Topliss-reactive ketones (excluding diaryl/α,β-unsaturated/α-hetero) is 1. The Balaban J connectivity index is 1.86. The number of aliphatic hydroxyl groups is 2. The molecule has 3 saturated heterocycles. The van der Waals surface area contributed by atoms with E-state index in [-0.39, 0.29) is 30.4 Å². The summed E-state index contributed by atoms with van der Waals surface area (Å²) in [6.45, 7) is 22.5. The normalized spacial score (nSPS) is 46.1. The third-order valence-electron chi connectivity index (χ3n) is 12.8. The fraction of sp³-hybridized carbons (Fsp3) is 0.900. The Hall–Kier alpha value is -1.68. The van der Waals surface area contributed by atoms with E-state index in [4.69, 9.17) is 37.9 Å². The maximum absolute atomic E-state index is 14.4. The van der Waals surface area contributed by atoms with Gasteiger partial charge >= 0.3 is 5.97 Å². The molecule has 0 radical (unpaired) electrons. The average molecular weight is 756 g/mol. The zero-order valence-corrected chi connectivity index (χ0v) is 34.8. The number of rotatable bonds is 9. The van der Waals surface area contributed by atoms with Gasteiger partial charge in [0, 0.05) is 45.1 Å². The molecule has 0 aromatic carbocycles. The van der Waals surface area contributed by atoms with Crippen LogP contribution in [0, 0.1) is 17.8 Å². The fourth-order valence-corrected chi connectivity index (χ4v) is 9.05. The number of likely N-dealkylation sites (N-methyl/N-ethyl adjacent to an activating group) is 1. The molecule has 13 unspecified atom stereocenters. The Morgan fingerprint density at radius 3 is 2.19 bits per heavy atom. The number of allylic oxidation sites excluding steroid dienone is 1. The highest BCUT2D eigenvalue weighted by Crippen LogP contribution is 2.47. The van der Waals surface area contributed by atoms with Crippen molar-refractivity contribution in [2.75, 3.05) is 21.3 Å². The van der Waals surface area contributed by atoms with Crippen molar-refractivity contribution in [2.45, 2.75) is 193 Å². The summed E-state index contributed by atoms with van der Waals surface area (Å²) in [6.07, 6.45) is -5.84. The highest BCUT2D eigenvalue weighted by molar-refractivity contribution is 5.92. The number of esters is 1. The quantitative estimate of drug-likeness (QED) is 0.318. The molecule has 4 heterocycles. The van der Waals surface area contributed by atoms with Gasteiger partial charge in [-0.3, -0.25) is 14.5 Å². The minimum absolute atomic E-state index is 0.164. The molecule has 2 bridgehead atoms. The molecule has 16 atom stereocenters. The summed E-state index contributed by atoms with van der Waals surface area (Å²) in [6, 6.07) is -0.0782. The Bertz CT molecular complexity index is 1330. The molecule has 306 valence electrons. The Kier molecular flexibility index (Phi) is 14.0. The van der Waals surface area contributed by atoms with Gasteiger partial charge in [-0.15, -0.1) is 0 Å². The smallest absolute Gasteiger partial charge is 0.311 e. The van der Waals surface area contributed by atoms with Crippen LogP contribution in [0.2, 0.25) is 0 Å². The van der Waals surface area contributed by atoms with E-state index in [0.717, 1.165) is 5.57 Å². The van der Waals surface area contributed by atoms with Gasteiger partial charge in [0.15, 0.2) is 24.0 Å². The van der Waals surface area contributed by atoms with Crippen molar-refractivity contribution >= 4 is 11.8 Å². The summed E-state index contributed by atoms with van der Waals surface area (Å²) in [5, 5.41) is 22.8. The van der Waals surface area contributed by atoms with Gasteiger partial charge in [0.25, 0.3) is 0 Å². The molecule has 4 aliphatic heterocycles. The summed E-state index contributed by atoms with van der Waals surface area (Å²) < 4.78 is 51.1. The molecule has 0 spiro atoms. The molecule has 0 amide bonds. The predicted molar refractivity (Wildman–Crippen MR) is 197 cm³/mol. The van der Waals surface area contributed by atoms with E-state index in [1.165, 1.54) is 14.2 Å². The van der Waals surface area contributed by atoms with Gasteiger partial charge in [-0.25, -0.2) is 0 Å². The van der Waals surface area contributed by atoms with Crippen molar-refractivity contribution < 1.29 is 57.7 Å². The Labute approximate surface area is 317 Å². The van der Waals surface area contributed by atoms with Crippen LogP contribution in [0.15, 0.2) is 11.3 Å². The van der Waals surface area contributed by atoms with Crippen molar-refractivity contribution in [2.24, 2.45) is 17.8 Å². The molecule has 0 aromatic heterocycles. The number of nitrogens with zero attached hydrogens (tertiary/aromatic N) is 1. The van der Waals surface area contributed by atoms with Gasteiger partial charge < -0.3 is 48.1 Å². The van der Waals surface area contributed by atoms with Gasteiger partial charge in [0.1, 0.15) is 35.8 Å².